The average Bonchev–Trinajstić information content (AvgIpc) is 3.08. The Labute approximate surface area is 95.4 Å². The van der Waals surface area contributed by atoms with Crippen LogP contribution in [0.1, 0.15) is 18.9 Å². The molecule has 0 amide bonds. The molecule has 2 atom stereocenters. The molecule has 1 aliphatic heterocycles. The van der Waals surface area contributed by atoms with E-state index in [-0.39, 0.29) is 18.2 Å². The number of hydrogen-bond donors (Lipinski definition) is 0. The van der Waals surface area contributed by atoms with Crippen molar-refractivity contribution in [2.45, 2.75) is 32.0 Å². The first-order valence-corrected chi connectivity index (χ1v) is 5.67. The van der Waals surface area contributed by atoms with Crippen molar-refractivity contribution in [3.05, 3.63) is 35.9 Å². The van der Waals surface area contributed by atoms with Crippen LogP contribution in [-0.4, -0.2) is 24.8 Å². The summed E-state index contributed by atoms with van der Waals surface area (Å²) in [4.78, 5) is 11.3. The summed E-state index contributed by atoms with van der Waals surface area (Å²) in [5.74, 6) is -0.222. The normalized spacial score (nSPS) is 22.8. The van der Waals surface area contributed by atoms with Crippen LogP contribution in [0.15, 0.2) is 30.3 Å². The maximum absolute atomic E-state index is 11.3. The summed E-state index contributed by atoms with van der Waals surface area (Å²) >= 11 is 0. The number of hydrogen-bond acceptors (Lipinski definition) is 3. The predicted octanol–water partition coefficient (Wildman–Crippen LogP) is 1.95. The van der Waals surface area contributed by atoms with Gasteiger partial charge in [-0.05, 0) is 25.3 Å². The van der Waals surface area contributed by atoms with Crippen molar-refractivity contribution in [2.24, 2.45) is 0 Å². The highest BCUT2D eigenvalue weighted by atomic mass is 16.6. The van der Waals surface area contributed by atoms with Gasteiger partial charge in [-0.25, -0.2) is 4.79 Å². The molecule has 1 heterocycles. The van der Waals surface area contributed by atoms with Crippen LogP contribution in [0, 0.1) is 0 Å². The van der Waals surface area contributed by atoms with Gasteiger partial charge < -0.3 is 9.47 Å². The van der Waals surface area contributed by atoms with Crippen LogP contribution >= 0.6 is 0 Å². The summed E-state index contributed by atoms with van der Waals surface area (Å²) < 4.78 is 10.2. The standard InChI is InChI=1S/C13H16O3/c1-2-15-13(14)12-11(16-12)9-8-10-6-4-3-5-7-10/h3-7,11-12H,2,8-9H2,1H3/t11-,12-/m1/s1. The summed E-state index contributed by atoms with van der Waals surface area (Å²) in [7, 11) is 0. The first-order chi connectivity index (χ1) is 7.81. The fourth-order valence-electron chi connectivity index (χ4n) is 1.75. The molecule has 1 saturated heterocycles. The van der Waals surface area contributed by atoms with E-state index in [9.17, 15) is 4.79 Å². The third-order valence-corrected chi connectivity index (χ3v) is 2.66. The number of rotatable bonds is 5. The van der Waals surface area contributed by atoms with Gasteiger partial charge in [-0.1, -0.05) is 30.3 Å². The van der Waals surface area contributed by atoms with Gasteiger partial charge in [0.2, 0.25) is 0 Å². The van der Waals surface area contributed by atoms with Crippen LogP contribution in [0.5, 0.6) is 0 Å². The number of epoxide rings is 1. The Hall–Kier alpha value is -1.35. The van der Waals surface area contributed by atoms with Crippen molar-refractivity contribution in [2.75, 3.05) is 6.61 Å². The van der Waals surface area contributed by atoms with Gasteiger partial charge in [0.25, 0.3) is 0 Å². The minimum Gasteiger partial charge on any atom is -0.464 e. The zero-order valence-corrected chi connectivity index (χ0v) is 9.39. The molecule has 0 unspecified atom stereocenters. The number of ether oxygens (including phenoxy) is 2. The highest BCUT2D eigenvalue weighted by molar-refractivity contribution is 5.77. The zero-order valence-electron chi connectivity index (χ0n) is 9.39. The number of esters is 1. The van der Waals surface area contributed by atoms with Crippen LogP contribution in [0.4, 0.5) is 0 Å². The van der Waals surface area contributed by atoms with Gasteiger partial charge in [-0.3, -0.25) is 0 Å². The molecule has 3 nitrogen and oxygen atoms in total. The summed E-state index contributed by atoms with van der Waals surface area (Å²) in [5.41, 5.74) is 1.28. The molecule has 0 saturated carbocycles. The quantitative estimate of drug-likeness (QED) is 0.562. The van der Waals surface area contributed by atoms with Crippen LogP contribution in [0.3, 0.4) is 0 Å². The van der Waals surface area contributed by atoms with Gasteiger partial charge >= 0.3 is 5.97 Å². The second kappa shape index (κ2) is 5.12. The Bertz CT molecular complexity index is 347. The van der Waals surface area contributed by atoms with Gasteiger partial charge in [0.15, 0.2) is 6.10 Å². The van der Waals surface area contributed by atoms with Crippen molar-refractivity contribution in [1.29, 1.82) is 0 Å². The molecule has 2 rings (SSSR count). The van der Waals surface area contributed by atoms with E-state index < -0.39 is 0 Å². The topological polar surface area (TPSA) is 38.8 Å². The van der Waals surface area contributed by atoms with Crippen molar-refractivity contribution < 1.29 is 14.3 Å². The maximum Gasteiger partial charge on any atom is 0.337 e. The SMILES string of the molecule is CCOC(=O)[C@@H]1O[C@@H]1CCc1ccccc1. The van der Waals surface area contributed by atoms with Crippen LogP contribution in [0.2, 0.25) is 0 Å². The fourth-order valence-corrected chi connectivity index (χ4v) is 1.75. The molecule has 0 N–H and O–H groups in total. The fraction of sp³-hybridized carbons (Fsp3) is 0.462. The van der Waals surface area contributed by atoms with E-state index in [4.69, 9.17) is 9.47 Å². The van der Waals surface area contributed by atoms with Crippen LogP contribution in [0.25, 0.3) is 0 Å². The third kappa shape index (κ3) is 2.83. The molecule has 1 aromatic carbocycles. The van der Waals surface area contributed by atoms with E-state index >= 15 is 0 Å². The van der Waals surface area contributed by atoms with E-state index in [0.29, 0.717) is 6.61 Å². The summed E-state index contributed by atoms with van der Waals surface area (Å²) in [6.07, 6.45) is 1.57. The highest BCUT2D eigenvalue weighted by Crippen LogP contribution is 2.27. The monoisotopic (exact) mass is 220 g/mol. The molecule has 86 valence electrons. The minimum atomic E-state index is -0.316. The second-order valence-corrected chi connectivity index (χ2v) is 3.87. The molecule has 1 aliphatic rings. The Morgan fingerprint density at radius 1 is 1.38 bits per heavy atom. The second-order valence-electron chi connectivity index (χ2n) is 3.87. The molecule has 1 aromatic rings. The minimum absolute atomic E-state index is 0.0549. The smallest absolute Gasteiger partial charge is 0.337 e. The number of carbonyl (C=O) groups is 1. The van der Waals surface area contributed by atoms with Crippen molar-refractivity contribution in [1.82, 2.24) is 0 Å². The number of benzene rings is 1. The molecular weight excluding hydrogens is 204 g/mol. The van der Waals surface area contributed by atoms with E-state index in [1.807, 2.05) is 18.2 Å². The number of carbonyl (C=O) groups excluding carboxylic acids is 1. The molecule has 0 aliphatic carbocycles. The lowest BCUT2D eigenvalue weighted by Gasteiger charge is -1.98. The van der Waals surface area contributed by atoms with E-state index in [1.54, 1.807) is 6.92 Å². The van der Waals surface area contributed by atoms with Crippen LogP contribution < -0.4 is 0 Å². The summed E-state index contributed by atoms with van der Waals surface area (Å²) in [6, 6.07) is 10.2. The average molecular weight is 220 g/mol. The number of aryl methyl sites for hydroxylation is 1. The Kier molecular flexibility index (Phi) is 3.57. The molecular formula is C13H16O3. The third-order valence-electron chi connectivity index (χ3n) is 2.66. The van der Waals surface area contributed by atoms with Gasteiger partial charge in [0.05, 0.1) is 12.7 Å². The van der Waals surface area contributed by atoms with Gasteiger partial charge in [-0.15, -0.1) is 0 Å². The van der Waals surface area contributed by atoms with Gasteiger partial charge in [0.1, 0.15) is 0 Å². The molecule has 16 heavy (non-hydrogen) atoms. The van der Waals surface area contributed by atoms with Crippen molar-refractivity contribution in [3.63, 3.8) is 0 Å². The predicted molar refractivity (Wildman–Crippen MR) is 60.1 cm³/mol. The lowest BCUT2D eigenvalue weighted by molar-refractivity contribution is -0.144. The lowest BCUT2D eigenvalue weighted by Crippen LogP contribution is -2.14. The lowest BCUT2D eigenvalue weighted by atomic mass is 10.1. The van der Waals surface area contributed by atoms with Crippen LogP contribution in [-0.2, 0) is 20.7 Å². The Balaban J connectivity index is 1.72. The zero-order chi connectivity index (χ0) is 11.4. The van der Waals surface area contributed by atoms with Crippen molar-refractivity contribution >= 4 is 5.97 Å². The highest BCUT2D eigenvalue weighted by Gasteiger charge is 2.45. The molecule has 3 heteroatoms. The summed E-state index contributed by atoms with van der Waals surface area (Å²) in [6.45, 7) is 2.23. The maximum atomic E-state index is 11.3. The van der Waals surface area contributed by atoms with E-state index in [1.165, 1.54) is 5.56 Å². The largest absolute Gasteiger partial charge is 0.464 e. The molecule has 0 aromatic heterocycles. The van der Waals surface area contributed by atoms with E-state index in [2.05, 4.69) is 12.1 Å². The summed E-state index contributed by atoms with van der Waals surface area (Å²) in [5, 5.41) is 0. The van der Waals surface area contributed by atoms with Gasteiger partial charge in [-0.2, -0.15) is 0 Å². The Morgan fingerprint density at radius 2 is 2.12 bits per heavy atom. The molecule has 1 fully saturated rings. The first kappa shape index (κ1) is 11.1. The first-order valence-electron chi connectivity index (χ1n) is 5.67. The van der Waals surface area contributed by atoms with Gasteiger partial charge in [0, 0.05) is 0 Å². The van der Waals surface area contributed by atoms with E-state index in [0.717, 1.165) is 12.8 Å². The molecule has 0 spiro atoms. The molecule has 0 radical (unpaired) electrons. The molecule has 0 bridgehead atoms. The van der Waals surface area contributed by atoms with Crippen molar-refractivity contribution in [3.8, 4) is 0 Å². The Morgan fingerprint density at radius 3 is 2.81 bits per heavy atom.